The molecule has 0 spiro atoms. The van der Waals surface area contributed by atoms with Gasteiger partial charge < -0.3 is 9.90 Å². The molecule has 0 aromatic heterocycles. The lowest BCUT2D eigenvalue weighted by atomic mass is 9.43. The summed E-state index contributed by atoms with van der Waals surface area (Å²) in [7, 11) is 0. The molecule has 0 amide bonds. The van der Waals surface area contributed by atoms with Gasteiger partial charge >= 0.3 is 5.97 Å². The summed E-state index contributed by atoms with van der Waals surface area (Å²) in [5, 5.41) is 9.14. The molecule has 0 saturated heterocycles. The smallest absolute Gasteiger partial charge is 0.330 e. The van der Waals surface area contributed by atoms with Crippen LogP contribution in [0.1, 0.15) is 106 Å². The van der Waals surface area contributed by atoms with Crippen LogP contribution in [-0.4, -0.2) is 23.1 Å². The molecule has 6 atom stereocenters. The van der Waals surface area contributed by atoms with Crippen LogP contribution in [0.25, 0.3) is 0 Å². The van der Waals surface area contributed by atoms with E-state index in [1.54, 1.807) is 24.1 Å². The summed E-state index contributed by atoms with van der Waals surface area (Å²) in [6.45, 7) is 13.3. The van der Waals surface area contributed by atoms with Gasteiger partial charge in [-0.1, -0.05) is 51.8 Å². The molecule has 0 aromatic carbocycles. The van der Waals surface area contributed by atoms with Gasteiger partial charge in [0.05, 0.1) is 0 Å². The first-order chi connectivity index (χ1) is 15.8. The normalized spacial score (nSPS) is 40.3. The van der Waals surface area contributed by atoms with Crippen molar-refractivity contribution in [3.8, 4) is 0 Å². The summed E-state index contributed by atoms with van der Waals surface area (Å²) in [5.74, 6) is 0.305. The van der Waals surface area contributed by atoms with E-state index in [2.05, 4.69) is 34.6 Å². The minimum atomic E-state index is -0.883. The zero-order chi connectivity index (χ0) is 25.1. The number of ketones is 1. The molecule has 4 nitrogen and oxygen atoms in total. The van der Waals surface area contributed by atoms with Gasteiger partial charge in [0.2, 0.25) is 0 Å². The Morgan fingerprint density at radius 2 is 1.74 bits per heavy atom. The Bertz CT molecular complexity index is 955. The van der Waals surface area contributed by atoms with Crippen molar-refractivity contribution in [1.82, 2.24) is 0 Å². The van der Waals surface area contributed by atoms with Crippen LogP contribution in [-0.2, 0) is 14.4 Å². The molecule has 188 valence electrons. The van der Waals surface area contributed by atoms with E-state index in [0.29, 0.717) is 36.0 Å². The van der Waals surface area contributed by atoms with Crippen molar-refractivity contribution in [2.75, 3.05) is 0 Å². The number of allylic oxidation sites excluding steroid dienone is 3. The monoisotopic (exact) mass is 468 g/mol. The number of fused-ring (bicyclic) bond motifs is 4. The third kappa shape index (κ3) is 3.49. The maximum absolute atomic E-state index is 12.8. The van der Waals surface area contributed by atoms with E-state index in [-0.39, 0.29) is 27.6 Å². The van der Waals surface area contributed by atoms with Gasteiger partial charge in [-0.05, 0) is 92.8 Å². The molecule has 0 aromatic rings. The van der Waals surface area contributed by atoms with E-state index >= 15 is 0 Å². The molecule has 4 heteroatoms. The number of aliphatic carboxylic acids is 1. The predicted molar refractivity (Wildman–Crippen MR) is 134 cm³/mol. The molecule has 0 unspecified atom stereocenters. The van der Waals surface area contributed by atoms with Crippen molar-refractivity contribution in [2.24, 2.45) is 39.4 Å². The number of Topliss-reactive ketones (excluding diaryl/α,β-unsaturated/α-hetero) is 1. The molecule has 0 bridgehead atoms. The Balaban J connectivity index is 1.64. The number of rotatable bonds is 6. The lowest BCUT2D eigenvalue weighted by molar-refractivity contribution is -0.139. The highest BCUT2D eigenvalue weighted by atomic mass is 16.4. The van der Waals surface area contributed by atoms with E-state index in [9.17, 15) is 14.4 Å². The van der Waals surface area contributed by atoms with E-state index in [1.165, 1.54) is 0 Å². The minimum Gasteiger partial charge on any atom is -0.478 e. The van der Waals surface area contributed by atoms with Crippen molar-refractivity contribution in [2.45, 2.75) is 106 Å². The van der Waals surface area contributed by atoms with Gasteiger partial charge in [-0.25, -0.2) is 4.79 Å². The summed E-state index contributed by atoms with van der Waals surface area (Å²) >= 11 is 0. The zero-order valence-electron chi connectivity index (χ0n) is 22.1. The van der Waals surface area contributed by atoms with Crippen LogP contribution in [0.3, 0.4) is 0 Å². The Hall–Kier alpha value is -1.71. The van der Waals surface area contributed by atoms with E-state index in [0.717, 1.165) is 57.7 Å². The molecule has 4 aliphatic carbocycles. The first-order valence-electron chi connectivity index (χ1n) is 13.4. The molecule has 4 rings (SSSR count). The third-order valence-corrected chi connectivity index (χ3v) is 11.5. The Kier molecular flexibility index (Phi) is 6.31. The van der Waals surface area contributed by atoms with Crippen LogP contribution >= 0.6 is 0 Å². The molecule has 1 N–H and O–H groups in total. The van der Waals surface area contributed by atoms with Gasteiger partial charge in [-0.3, -0.25) is 4.79 Å². The fourth-order valence-corrected chi connectivity index (χ4v) is 9.16. The average molecular weight is 469 g/mol. The Labute approximate surface area is 205 Å². The second-order valence-corrected chi connectivity index (χ2v) is 13.1. The summed E-state index contributed by atoms with van der Waals surface area (Å²) in [6, 6.07) is 0. The van der Waals surface area contributed by atoms with Crippen LogP contribution in [0.4, 0.5) is 0 Å². The second kappa shape index (κ2) is 8.45. The third-order valence-electron chi connectivity index (χ3n) is 11.5. The lowest BCUT2D eigenvalue weighted by Crippen LogP contribution is -2.54. The molecule has 2 saturated carbocycles. The van der Waals surface area contributed by atoms with Gasteiger partial charge in [-0.2, -0.15) is 0 Å². The number of carbonyl (C=O) groups is 3. The Morgan fingerprint density at radius 1 is 1.03 bits per heavy atom. The van der Waals surface area contributed by atoms with Crippen LogP contribution < -0.4 is 0 Å². The van der Waals surface area contributed by atoms with Crippen molar-refractivity contribution in [3.05, 3.63) is 22.8 Å². The van der Waals surface area contributed by atoms with Gasteiger partial charge in [0.25, 0.3) is 0 Å². The van der Waals surface area contributed by atoms with E-state index < -0.39 is 5.97 Å². The van der Waals surface area contributed by atoms with Crippen molar-refractivity contribution in [1.29, 1.82) is 0 Å². The van der Waals surface area contributed by atoms with E-state index in [1.807, 2.05) is 0 Å². The molecule has 0 heterocycles. The molecular formula is C30H44O4. The Morgan fingerprint density at radius 3 is 2.38 bits per heavy atom. The topological polar surface area (TPSA) is 71.4 Å². The molecular weight excluding hydrogens is 424 g/mol. The number of carboxylic acid groups (broad SMARTS) is 1. The summed E-state index contributed by atoms with van der Waals surface area (Å²) in [6.07, 6.45) is 12.6. The summed E-state index contributed by atoms with van der Waals surface area (Å²) < 4.78 is 0. The number of hydrogen-bond acceptors (Lipinski definition) is 3. The number of carboxylic acids is 1. The first kappa shape index (κ1) is 25.4. The van der Waals surface area contributed by atoms with Gasteiger partial charge in [-0.15, -0.1) is 0 Å². The van der Waals surface area contributed by atoms with Crippen molar-refractivity contribution < 1.29 is 19.5 Å². The van der Waals surface area contributed by atoms with Gasteiger partial charge in [0.1, 0.15) is 12.1 Å². The molecule has 2 fully saturated rings. The predicted octanol–water partition coefficient (Wildman–Crippen LogP) is 6.93. The van der Waals surface area contributed by atoms with Gasteiger partial charge in [0, 0.05) is 23.3 Å². The summed E-state index contributed by atoms with van der Waals surface area (Å²) in [4.78, 5) is 36.2. The van der Waals surface area contributed by atoms with E-state index in [4.69, 9.17) is 5.11 Å². The second-order valence-electron chi connectivity index (χ2n) is 13.1. The largest absolute Gasteiger partial charge is 0.478 e. The number of hydrogen-bond donors (Lipinski definition) is 1. The minimum absolute atomic E-state index is 0.0232. The molecule has 4 aliphatic rings. The molecule has 34 heavy (non-hydrogen) atoms. The maximum Gasteiger partial charge on any atom is 0.330 e. The van der Waals surface area contributed by atoms with Crippen LogP contribution in [0.15, 0.2) is 22.8 Å². The highest BCUT2D eigenvalue weighted by Gasteiger charge is 2.63. The fourth-order valence-electron chi connectivity index (χ4n) is 9.16. The average Bonchev–Trinajstić information content (AvgIpc) is 3.05. The van der Waals surface area contributed by atoms with Gasteiger partial charge in [0.15, 0.2) is 0 Å². The lowest BCUT2D eigenvalue weighted by Gasteiger charge is -2.60. The number of carbonyl (C=O) groups excluding carboxylic acids is 2. The zero-order valence-corrected chi connectivity index (χ0v) is 22.1. The fraction of sp³-hybridized carbons (Fsp3) is 0.767. The highest BCUT2D eigenvalue weighted by Crippen LogP contribution is 2.72. The number of aldehydes is 1. The molecule has 0 aliphatic heterocycles. The maximum atomic E-state index is 12.8. The SMILES string of the molecule is C/C(=C\CC[C@H](C=O)[C@@H]1CC[C@]2(C)C3=C(CC[C@@]12C)[C@@]1(C)CCC(=O)C(C)(C)[C@H]1CC3)C(=O)O. The standard InChI is InChI=1S/C30H44O4/c1-19(26(33)34)8-7-9-20(18-31)21-12-16-30(6)23-10-11-24-27(2,3)25(32)14-15-28(24,4)22(23)13-17-29(21,30)5/h8,18,20-21,24H,7,9-17H2,1-6H3,(H,33,34)/b19-8+/t20-,21+,24-,28-,29+,30-/m1/s1. The van der Waals surface area contributed by atoms with Crippen LogP contribution in [0.5, 0.6) is 0 Å². The van der Waals surface area contributed by atoms with Crippen LogP contribution in [0.2, 0.25) is 0 Å². The van der Waals surface area contributed by atoms with Crippen LogP contribution in [0, 0.1) is 39.4 Å². The quantitative estimate of drug-likeness (QED) is 0.261. The molecule has 0 radical (unpaired) electrons. The van der Waals surface area contributed by atoms with Crippen molar-refractivity contribution >= 4 is 18.0 Å². The highest BCUT2D eigenvalue weighted by molar-refractivity contribution is 5.86. The first-order valence-corrected chi connectivity index (χ1v) is 13.4. The van der Waals surface area contributed by atoms with Crippen molar-refractivity contribution in [3.63, 3.8) is 0 Å². The summed E-state index contributed by atoms with van der Waals surface area (Å²) in [5.41, 5.74) is 3.77.